The van der Waals surface area contributed by atoms with Gasteiger partial charge in [0.2, 0.25) is 10.0 Å². The standard InChI is InChI=1S/C10H19NO2S/c1-3-5-6-9-8-10(9,7-4-2)14(11,12)13/h4,9H,2-3,5-8H2,1H3,(H2,11,12,13). The lowest BCUT2D eigenvalue weighted by Crippen LogP contribution is -2.32. The van der Waals surface area contributed by atoms with Crippen molar-refractivity contribution in [2.24, 2.45) is 11.1 Å². The molecule has 1 aliphatic rings. The molecule has 0 bridgehead atoms. The summed E-state index contributed by atoms with van der Waals surface area (Å²) >= 11 is 0. The first-order chi connectivity index (χ1) is 6.48. The van der Waals surface area contributed by atoms with Crippen LogP contribution in [0.15, 0.2) is 12.7 Å². The first kappa shape index (κ1) is 11.7. The van der Waals surface area contributed by atoms with E-state index in [1.807, 2.05) is 0 Å². The molecule has 1 aliphatic carbocycles. The van der Waals surface area contributed by atoms with E-state index in [-0.39, 0.29) is 5.92 Å². The molecule has 3 nitrogen and oxygen atoms in total. The van der Waals surface area contributed by atoms with Gasteiger partial charge in [0.1, 0.15) is 0 Å². The van der Waals surface area contributed by atoms with Gasteiger partial charge < -0.3 is 0 Å². The molecule has 4 heteroatoms. The van der Waals surface area contributed by atoms with Crippen molar-refractivity contribution >= 4 is 10.0 Å². The molecule has 0 saturated heterocycles. The summed E-state index contributed by atoms with van der Waals surface area (Å²) < 4.78 is 22.2. The monoisotopic (exact) mass is 217 g/mol. The highest BCUT2D eigenvalue weighted by Gasteiger charge is 2.60. The number of nitrogens with two attached hydrogens (primary N) is 1. The lowest BCUT2D eigenvalue weighted by molar-refractivity contribution is 0.554. The van der Waals surface area contributed by atoms with Crippen LogP contribution in [0.2, 0.25) is 0 Å². The van der Waals surface area contributed by atoms with Gasteiger partial charge in [-0.2, -0.15) is 0 Å². The molecule has 2 unspecified atom stereocenters. The van der Waals surface area contributed by atoms with Gasteiger partial charge in [0, 0.05) is 0 Å². The number of rotatable bonds is 6. The van der Waals surface area contributed by atoms with E-state index in [9.17, 15) is 8.42 Å². The smallest absolute Gasteiger partial charge is 0.215 e. The van der Waals surface area contributed by atoms with Crippen LogP contribution in [0.4, 0.5) is 0 Å². The van der Waals surface area contributed by atoms with Crippen molar-refractivity contribution in [2.45, 2.75) is 43.8 Å². The minimum atomic E-state index is -3.40. The van der Waals surface area contributed by atoms with Crippen molar-refractivity contribution in [3.05, 3.63) is 12.7 Å². The quantitative estimate of drug-likeness (QED) is 0.690. The molecule has 0 spiro atoms. The van der Waals surface area contributed by atoms with Gasteiger partial charge in [-0.05, 0) is 25.2 Å². The first-order valence-corrected chi connectivity index (χ1v) is 6.66. The minimum Gasteiger partial charge on any atom is -0.228 e. The Bertz CT molecular complexity index is 310. The second-order valence-corrected chi connectivity index (χ2v) is 6.05. The van der Waals surface area contributed by atoms with Crippen molar-refractivity contribution < 1.29 is 8.42 Å². The number of allylic oxidation sites excluding steroid dienone is 1. The summed E-state index contributed by atoms with van der Waals surface area (Å²) in [5.74, 6) is 0.260. The highest BCUT2D eigenvalue weighted by Crippen LogP contribution is 2.54. The van der Waals surface area contributed by atoms with Gasteiger partial charge >= 0.3 is 0 Å². The molecule has 2 atom stereocenters. The number of primary sulfonamides is 1. The van der Waals surface area contributed by atoms with Crippen LogP contribution in [0.5, 0.6) is 0 Å². The molecule has 0 heterocycles. The molecule has 0 aromatic rings. The summed E-state index contributed by atoms with van der Waals surface area (Å²) in [5.41, 5.74) is 0. The van der Waals surface area contributed by atoms with Crippen LogP contribution in [-0.4, -0.2) is 13.2 Å². The fraction of sp³-hybridized carbons (Fsp3) is 0.800. The van der Waals surface area contributed by atoms with Crippen molar-refractivity contribution in [1.29, 1.82) is 0 Å². The van der Waals surface area contributed by atoms with E-state index in [4.69, 9.17) is 5.14 Å². The highest BCUT2D eigenvalue weighted by molar-refractivity contribution is 7.90. The van der Waals surface area contributed by atoms with Crippen LogP contribution in [-0.2, 0) is 10.0 Å². The average molecular weight is 217 g/mol. The highest BCUT2D eigenvalue weighted by atomic mass is 32.2. The number of hydrogen-bond acceptors (Lipinski definition) is 2. The Morgan fingerprint density at radius 2 is 2.29 bits per heavy atom. The SMILES string of the molecule is C=CCC1(S(N)(=O)=O)CC1CCCC. The Morgan fingerprint density at radius 3 is 2.71 bits per heavy atom. The molecule has 1 fully saturated rings. The second kappa shape index (κ2) is 4.03. The summed E-state index contributed by atoms with van der Waals surface area (Å²) in [5, 5.41) is 5.25. The third kappa shape index (κ3) is 2.01. The molecule has 1 saturated carbocycles. The van der Waals surface area contributed by atoms with Crippen LogP contribution in [0, 0.1) is 5.92 Å². The van der Waals surface area contributed by atoms with Crippen molar-refractivity contribution in [3.8, 4) is 0 Å². The van der Waals surface area contributed by atoms with Gasteiger partial charge in [0.25, 0.3) is 0 Å². The first-order valence-electron chi connectivity index (χ1n) is 5.11. The predicted octanol–water partition coefficient (Wildman–Crippen LogP) is 1.80. The fourth-order valence-electron chi connectivity index (χ4n) is 2.13. The predicted molar refractivity (Wildman–Crippen MR) is 58.3 cm³/mol. The summed E-state index contributed by atoms with van der Waals surface area (Å²) in [6.07, 6.45) is 6.04. The Labute approximate surface area is 86.4 Å². The number of sulfonamides is 1. The number of unbranched alkanes of at least 4 members (excludes halogenated alkanes) is 1. The van der Waals surface area contributed by atoms with E-state index in [1.54, 1.807) is 6.08 Å². The number of hydrogen-bond donors (Lipinski definition) is 1. The van der Waals surface area contributed by atoms with E-state index >= 15 is 0 Å². The van der Waals surface area contributed by atoms with Gasteiger partial charge in [0.05, 0.1) is 4.75 Å². The Morgan fingerprint density at radius 1 is 1.64 bits per heavy atom. The minimum absolute atomic E-state index is 0.260. The van der Waals surface area contributed by atoms with Crippen LogP contribution in [0.25, 0.3) is 0 Å². The second-order valence-electron chi connectivity index (χ2n) is 4.15. The van der Waals surface area contributed by atoms with E-state index in [0.29, 0.717) is 6.42 Å². The zero-order valence-electron chi connectivity index (χ0n) is 8.70. The summed E-state index contributed by atoms with van der Waals surface area (Å²) in [6.45, 7) is 5.70. The lowest BCUT2D eigenvalue weighted by atomic mass is 10.1. The maximum Gasteiger partial charge on any atom is 0.215 e. The Hall–Kier alpha value is -0.350. The van der Waals surface area contributed by atoms with Gasteiger partial charge in [-0.25, -0.2) is 13.6 Å². The molecule has 0 aromatic carbocycles. The fourth-order valence-corrected chi connectivity index (χ4v) is 3.50. The maximum absolute atomic E-state index is 11.4. The van der Waals surface area contributed by atoms with Gasteiger partial charge in [0.15, 0.2) is 0 Å². The topological polar surface area (TPSA) is 60.2 Å². The van der Waals surface area contributed by atoms with E-state index in [2.05, 4.69) is 13.5 Å². The van der Waals surface area contributed by atoms with Crippen LogP contribution < -0.4 is 5.14 Å². The zero-order chi connectivity index (χ0) is 10.8. The van der Waals surface area contributed by atoms with Gasteiger partial charge in [-0.3, -0.25) is 0 Å². The third-order valence-corrected chi connectivity index (χ3v) is 4.94. The van der Waals surface area contributed by atoms with Crippen molar-refractivity contribution in [3.63, 3.8) is 0 Å². The van der Waals surface area contributed by atoms with Gasteiger partial charge in [-0.15, -0.1) is 6.58 Å². The molecule has 0 aromatic heterocycles. The largest absolute Gasteiger partial charge is 0.228 e. The maximum atomic E-state index is 11.4. The Kier molecular flexibility index (Phi) is 3.37. The van der Waals surface area contributed by atoms with Crippen LogP contribution in [0.1, 0.15) is 39.0 Å². The van der Waals surface area contributed by atoms with Crippen molar-refractivity contribution in [1.82, 2.24) is 0 Å². The molecule has 0 amide bonds. The molecular weight excluding hydrogens is 198 g/mol. The summed E-state index contributed by atoms with van der Waals surface area (Å²) in [6, 6.07) is 0. The normalized spacial score (nSPS) is 31.4. The third-order valence-electron chi connectivity index (χ3n) is 3.14. The zero-order valence-corrected chi connectivity index (χ0v) is 9.52. The molecule has 0 aliphatic heterocycles. The van der Waals surface area contributed by atoms with Crippen LogP contribution >= 0.6 is 0 Å². The van der Waals surface area contributed by atoms with Crippen LogP contribution in [0.3, 0.4) is 0 Å². The summed E-state index contributed by atoms with van der Waals surface area (Å²) in [7, 11) is -3.40. The van der Waals surface area contributed by atoms with E-state index < -0.39 is 14.8 Å². The molecule has 0 radical (unpaired) electrons. The molecule has 1 rings (SSSR count). The molecule has 2 N–H and O–H groups in total. The van der Waals surface area contributed by atoms with E-state index in [0.717, 1.165) is 25.7 Å². The summed E-state index contributed by atoms with van der Waals surface area (Å²) in [4.78, 5) is 0. The molecule has 82 valence electrons. The van der Waals surface area contributed by atoms with Gasteiger partial charge in [-0.1, -0.05) is 25.8 Å². The Balaban J connectivity index is 2.66. The average Bonchev–Trinajstić information content (AvgIpc) is 2.76. The lowest BCUT2D eigenvalue weighted by Gasteiger charge is -2.12. The van der Waals surface area contributed by atoms with E-state index in [1.165, 1.54) is 0 Å². The molecular formula is C10H19NO2S. The van der Waals surface area contributed by atoms with Crippen molar-refractivity contribution in [2.75, 3.05) is 0 Å². The molecule has 14 heavy (non-hydrogen) atoms.